The fraction of sp³-hybridized carbons (Fsp3) is 0.526. The lowest BCUT2D eigenvalue weighted by atomic mass is 9.84. The maximum Gasteiger partial charge on any atom is 0.337 e. The lowest BCUT2D eigenvalue weighted by Crippen LogP contribution is -2.32. The Hall–Kier alpha value is -2.41. The molecule has 1 atom stereocenters. The van der Waals surface area contributed by atoms with E-state index >= 15 is 0 Å². The summed E-state index contributed by atoms with van der Waals surface area (Å²) in [5, 5.41) is 6.10. The third kappa shape index (κ3) is 5.29. The highest BCUT2D eigenvalue weighted by Crippen LogP contribution is 2.25. The number of hydrogen-bond acceptors (Lipinski definition) is 6. The molecule has 0 spiro atoms. The van der Waals surface area contributed by atoms with Crippen LogP contribution >= 0.6 is 0 Å². The van der Waals surface area contributed by atoms with Gasteiger partial charge in [0, 0.05) is 12.1 Å². The smallest absolute Gasteiger partial charge is 0.337 e. The Kier molecular flexibility index (Phi) is 7.15. The van der Waals surface area contributed by atoms with E-state index in [4.69, 9.17) is 9.47 Å². The Morgan fingerprint density at radius 3 is 2.12 bits per heavy atom. The zero-order chi connectivity index (χ0) is 19.1. The Bertz CT molecular complexity index is 634. The molecular formula is C19H26N2O5. The monoisotopic (exact) mass is 362 g/mol. The van der Waals surface area contributed by atoms with Crippen molar-refractivity contribution in [3.63, 3.8) is 0 Å². The van der Waals surface area contributed by atoms with Crippen molar-refractivity contribution in [2.24, 2.45) is 11.8 Å². The van der Waals surface area contributed by atoms with Crippen LogP contribution in [-0.2, 0) is 14.3 Å². The molecule has 1 aliphatic rings. The summed E-state index contributed by atoms with van der Waals surface area (Å²) >= 11 is 0. The number of piperidine rings is 1. The molecule has 7 heteroatoms. The van der Waals surface area contributed by atoms with Gasteiger partial charge >= 0.3 is 11.9 Å². The Morgan fingerprint density at radius 1 is 1.08 bits per heavy atom. The van der Waals surface area contributed by atoms with Gasteiger partial charge in [-0.1, -0.05) is 6.92 Å². The highest BCUT2D eigenvalue weighted by molar-refractivity contribution is 5.99. The number of anilines is 1. The molecule has 2 N–H and O–H groups in total. The summed E-state index contributed by atoms with van der Waals surface area (Å²) in [5.41, 5.74) is 0.727. The van der Waals surface area contributed by atoms with E-state index in [2.05, 4.69) is 17.6 Å². The normalized spacial score (nSPS) is 15.8. The fourth-order valence-corrected chi connectivity index (χ4v) is 3.26. The third-order valence-electron chi connectivity index (χ3n) is 4.75. The molecule has 1 saturated heterocycles. The van der Waals surface area contributed by atoms with E-state index in [-0.39, 0.29) is 23.0 Å². The van der Waals surface area contributed by atoms with Gasteiger partial charge in [0.1, 0.15) is 0 Å². The van der Waals surface area contributed by atoms with Crippen molar-refractivity contribution in [2.45, 2.75) is 26.2 Å². The zero-order valence-electron chi connectivity index (χ0n) is 15.5. The molecule has 0 aliphatic carbocycles. The molecule has 1 fully saturated rings. The highest BCUT2D eigenvalue weighted by atomic mass is 16.5. The minimum atomic E-state index is -0.589. The quantitative estimate of drug-likeness (QED) is 0.754. The lowest BCUT2D eigenvalue weighted by Gasteiger charge is -2.27. The van der Waals surface area contributed by atoms with Gasteiger partial charge in [-0.25, -0.2) is 9.59 Å². The third-order valence-corrected chi connectivity index (χ3v) is 4.75. The summed E-state index contributed by atoms with van der Waals surface area (Å²) in [6.07, 6.45) is 2.53. The second kappa shape index (κ2) is 9.33. The van der Waals surface area contributed by atoms with E-state index in [0.29, 0.717) is 18.0 Å². The second-order valence-corrected chi connectivity index (χ2v) is 6.60. The number of ether oxygens (including phenoxy) is 2. The van der Waals surface area contributed by atoms with E-state index in [1.165, 1.54) is 32.4 Å². The van der Waals surface area contributed by atoms with E-state index in [0.717, 1.165) is 25.9 Å². The number of carbonyl (C=O) groups excluding carboxylic acids is 3. The number of benzene rings is 1. The van der Waals surface area contributed by atoms with Gasteiger partial charge < -0.3 is 20.1 Å². The minimum Gasteiger partial charge on any atom is -0.465 e. The first-order valence-corrected chi connectivity index (χ1v) is 8.77. The predicted molar refractivity (Wildman–Crippen MR) is 97.1 cm³/mol. The Balaban J connectivity index is 2.09. The van der Waals surface area contributed by atoms with Gasteiger partial charge in [-0.3, -0.25) is 4.79 Å². The zero-order valence-corrected chi connectivity index (χ0v) is 15.5. The largest absolute Gasteiger partial charge is 0.465 e. The molecule has 1 amide bonds. The van der Waals surface area contributed by atoms with Crippen LogP contribution in [-0.4, -0.2) is 45.2 Å². The average molecular weight is 362 g/mol. The summed E-state index contributed by atoms with van der Waals surface area (Å²) in [5.74, 6) is -0.535. The predicted octanol–water partition coefficient (Wildman–Crippen LogP) is 2.22. The molecule has 1 heterocycles. The molecule has 1 aliphatic heterocycles. The number of rotatable bonds is 6. The first-order chi connectivity index (χ1) is 12.4. The van der Waals surface area contributed by atoms with Crippen LogP contribution in [0.2, 0.25) is 0 Å². The molecule has 0 saturated carbocycles. The van der Waals surface area contributed by atoms with Gasteiger partial charge in [-0.2, -0.15) is 0 Å². The molecule has 2 rings (SSSR count). The number of hydrogen-bond donors (Lipinski definition) is 2. The van der Waals surface area contributed by atoms with Crippen LogP contribution in [0, 0.1) is 11.8 Å². The van der Waals surface area contributed by atoms with E-state index in [9.17, 15) is 14.4 Å². The minimum absolute atomic E-state index is 0.145. The summed E-state index contributed by atoms with van der Waals surface area (Å²) in [6.45, 7) is 4.06. The molecule has 26 heavy (non-hydrogen) atoms. The molecule has 1 unspecified atom stereocenters. The van der Waals surface area contributed by atoms with E-state index < -0.39 is 11.9 Å². The van der Waals surface area contributed by atoms with Gasteiger partial charge in [0.25, 0.3) is 0 Å². The summed E-state index contributed by atoms with van der Waals surface area (Å²) in [4.78, 5) is 36.0. The van der Waals surface area contributed by atoms with Gasteiger partial charge in [-0.05, 0) is 56.0 Å². The number of esters is 2. The van der Waals surface area contributed by atoms with Crippen molar-refractivity contribution >= 4 is 23.5 Å². The van der Waals surface area contributed by atoms with Crippen LogP contribution in [0.15, 0.2) is 18.2 Å². The van der Waals surface area contributed by atoms with Crippen LogP contribution in [0.3, 0.4) is 0 Å². The van der Waals surface area contributed by atoms with Crippen LogP contribution < -0.4 is 10.6 Å². The molecule has 7 nitrogen and oxygen atoms in total. The van der Waals surface area contributed by atoms with Crippen LogP contribution in [0.4, 0.5) is 5.69 Å². The highest BCUT2D eigenvalue weighted by Gasteiger charge is 2.22. The lowest BCUT2D eigenvalue weighted by molar-refractivity contribution is -0.117. The van der Waals surface area contributed by atoms with E-state index in [1.54, 1.807) is 0 Å². The topological polar surface area (TPSA) is 93.7 Å². The fourth-order valence-electron chi connectivity index (χ4n) is 3.26. The molecule has 142 valence electrons. The summed E-state index contributed by atoms with van der Waals surface area (Å²) in [6, 6.07) is 4.36. The summed E-state index contributed by atoms with van der Waals surface area (Å²) in [7, 11) is 2.51. The second-order valence-electron chi connectivity index (χ2n) is 6.60. The maximum absolute atomic E-state index is 12.4. The van der Waals surface area contributed by atoms with Gasteiger partial charge in [0.2, 0.25) is 5.91 Å². The number of amides is 1. The van der Waals surface area contributed by atoms with Crippen molar-refractivity contribution in [3.05, 3.63) is 29.3 Å². The summed E-state index contributed by atoms with van der Waals surface area (Å²) < 4.78 is 9.40. The van der Waals surface area contributed by atoms with Crippen molar-refractivity contribution in [3.8, 4) is 0 Å². The molecule has 1 aromatic carbocycles. The SMILES string of the molecule is COC(=O)c1cc(NC(=O)CC(C)C2CCNCC2)cc(C(=O)OC)c1. The maximum atomic E-state index is 12.4. The molecule has 0 aromatic heterocycles. The standard InChI is InChI=1S/C19H26N2O5/c1-12(13-4-6-20-7-5-13)8-17(22)21-16-10-14(18(23)25-2)9-15(11-16)19(24)26-3/h9-13,20H,4-8H2,1-3H3,(H,21,22). The van der Waals surface area contributed by atoms with Gasteiger partial charge in [0.05, 0.1) is 25.3 Å². The Labute approximate surface area is 153 Å². The number of nitrogens with one attached hydrogen (secondary N) is 2. The van der Waals surface area contributed by atoms with Crippen molar-refractivity contribution in [1.82, 2.24) is 5.32 Å². The van der Waals surface area contributed by atoms with Crippen molar-refractivity contribution in [2.75, 3.05) is 32.6 Å². The number of carbonyl (C=O) groups is 3. The van der Waals surface area contributed by atoms with Crippen molar-refractivity contribution < 1.29 is 23.9 Å². The van der Waals surface area contributed by atoms with Gasteiger partial charge in [0.15, 0.2) is 0 Å². The van der Waals surface area contributed by atoms with Crippen LogP contribution in [0.5, 0.6) is 0 Å². The Morgan fingerprint density at radius 2 is 1.62 bits per heavy atom. The molecular weight excluding hydrogens is 336 g/mol. The molecule has 1 aromatic rings. The van der Waals surface area contributed by atoms with Crippen LogP contribution in [0.1, 0.15) is 46.9 Å². The average Bonchev–Trinajstić information content (AvgIpc) is 2.66. The molecule has 0 bridgehead atoms. The number of methoxy groups -OCH3 is 2. The first kappa shape index (κ1) is 19.9. The van der Waals surface area contributed by atoms with Crippen LogP contribution in [0.25, 0.3) is 0 Å². The van der Waals surface area contributed by atoms with Gasteiger partial charge in [-0.15, -0.1) is 0 Å². The van der Waals surface area contributed by atoms with E-state index in [1.807, 2.05) is 0 Å². The first-order valence-electron chi connectivity index (χ1n) is 8.77. The van der Waals surface area contributed by atoms with Crippen molar-refractivity contribution in [1.29, 1.82) is 0 Å². The molecule has 0 radical (unpaired) electrons.